The van der Waals surface area contributed by atoms with Gasteiger partial charge < -0.3 is 4.74 Å². The topological polar surface area (TPSA) is 52.3 Å². The van der Waals surface area contributed by atoms with E-state index in [9.17, 15) is 0 Å². The second-order valence-electron chi connectivity index (χ2n) is 3.07. The van der Waals surface area contributed by atoms with Gasteiger partial charge in [-0.1, -0.05) is 13.8 Å². The summed E-state index contributed by atoms with van der Waals surface area (Å²) in [5.74, 6) is 1.50. The molecule has 2 heterocycles. The molecule has 88 valence electrons. The summed E-state index contributed by atoms with van der Waals surface area (Å²) in [4.78, 5) is 0. The quantitative estimate of drug-likeness (QED) is 0.781. The molecule has 5 nitrogen and oxygen atoms in total. The van der Waals surface area contributed by atoms with Crippen molar-refractivity contribution in [1.82, 2.24) is 19.8 Å². The molecule has 0 radical (unpaired) electrons. The number of fused-ring (bicyclic) bond motifs is 1. The van der Waals surface area contributed by atoms with Gasteiger partial charge in [0.2, 0.25) is 5.65 Å². The minimum atomic E-state index is 0.616. The molecule has 0 spiro atoms. The average molecular weight is 222 g/mol. The molecule has 2 rings (SSSR count). The van der Waals surface area contributed by atoms with Crippen LogP contribution in [0.3, 0.4) is 0 Å². The number of ether oxygens (including phenoxy) is 1. The summed E-state index contributed by atoms with van der Waals surface area (Å²) in [6.45, 7) is 10.3. The summed E-state index contributed by atoms with van der Waals surface area (Å²) in [5.41, 5.74) is 1.57. The zero-order valence-electron chi connectivity index (χ0n) is 10.5. The van der Waals surface area contributed by atoms with Crippen LogP contribution in [0.2, 0.25) is 0 Å². The van der Waals surface area contributed by atoms with Crippen LogP contribution in [-0.4, -0.2) is 26.4 Å². The highest BCUT2D eigenvalue weighted by molar-refractivity contribution is 5.52. The Hall–Kier alpha value is -1.65. The first-order valence-electron chi connectivity index (χ1n) is 5.55. The lowest BCUT2D eigenvalue weighted by Gasteiger charge is -2.04. The number of rotatable bonds is 2. The number of aryl methyl sites for hydroxylation is 2. The van der Waals surface area contributed by atoms with Gasteiger partial charge in [-0.3, -0.25) is 0 Å². The molecule has 2 aromatic rings. The van der Waals surface area contributed by atoms with Gasteiger partial charge in [0, 0.05) is 6.07 Å². The van der Waals surface area contributed by atoms with Crippen molar-refractivity contribution in [1.29, 1.82) is 0 Å². The fraction of sp³-hybridized carbons (Fsp3) is 0.545. The summed E-state index contributed by atoms with van der Waals surface area (Å²) in [6, 6.07) is 1.87. The zero-order chi connectivity index (χ0) is 12.1. The third kappa shape index (κ3) is 2.29. The molecule has 0 amide bonds. The molecule has 0 aliphatic rings. The van der Waals surface area contributed by atoms with Crippen LogP contribution in [0.4, 0.5) is 0 Å². The maximum absolute atomic E-state index is 5.45. The van der Waals surface area contributed by atoms with Gasteiger partial charge in [0.1, 0.15) is 0 Å². The Labute approximate surface area is 95.5 Å². The number of nitrogens with zero attached hydrogens (tertiary/aromatic N) is 4. The lowest BCUT2D eigenvalue weighted by molar-refractivity contribution is 0.341. The van der Waals surface area contributed by atoms with Crippen molar-refractivity contribution in [3.05, 3.63) is 17.6 Å². The maximum Gasteiger partial charge on any atom is 0.219 e. The molecule has 0 aliphatic carbocycles. The Morgan fingerprint density at radius 3 is 2.56 bits per heavy atom. The van der Waals surface area contributed by atoms with Crippen LogP contribution in [0.1, 0.15) is 32.3 Å². The van der Waals surface area contributed by atoms with E-state index in [1.54, 1.807) is 4.52 Å². The summed E-state index contributed by atoms with van der Waals surface area (Å²) in [7, 11) is 0. The van der Waals surface area contributed by atoms with E-state index < -0.39 is 0 Å². The average Bonchev–Trinajstić information content (AvgIpc) is 2.64. The molecule has 0 aromatic carbocycles. The van der Waals surface area contributed by atoms with E-state index in [4.69, 9.17) is 4.74 Å². The standard InChI is InChI=1S/C9H12N4O.C2H6/c1-4-14-8-5-6(2)12-13-7(3)10-11-9(8)13;1-2/h5H,4H2,1-3H3;1-2H3. The van der Waals surface area contributed by atoms with Crippen LogP contribution < -0.4 is 4.74 Å². The monoisotopic (exact) mass is 222 g/mol. The second-order valence-corrected chi connectivity index (χ2v) is 3.07. The summed E-state index contributed by atoms with van der Waals surface area (Å²) in [5, 5.41) is 12.2. The smallest absolute Gasteiger partial charge is 0.219 e. The van der Waals surface area contributed by atoms with E-state index in [2.05, 4.69) is 15.3 Å². The SMILES string of the molecule is CC.CCOc1cc(C)nn2c(C)nnc12. The van der Waals surface area contributed by atoms with Crippen LogP contribution >= 0.6 is 0 Å². The molecule has 0 saturated heterocycles. The second kappa shape index (κ2) is 5.44. The van der Waals surface area contributed by atoms with Gasteiger partial charge in [-0.05, 0) is 20.8 Å². The summed E-state index contributed by atoms with van der Waals surface area (Å²) < 4.78 is 7.14. The van der Waals surface area contributed by atoms with Crippen LogP contribution in [0.25, 0.3) is 5.65 Å². The molecule has 2 aromatic heterocycles. The number of hydrogen-bond donors (Lipinski definition) is 0. The first-order chi connectivity index (χ1) is 7.72. The molecule has 16 heavy (non-hydrogen) atoms. The van der Waals surface area contributed by atoms with Crippen LogP contribution in [0.15, 0.2) is 6.07 Å². The van der Waals surface area contributed by atoms with E-state index >= 15 is 0 Å². The minimum Gasteiger partial charge on any atom is -0.490 e. The summed E-state index contributed by atoms with van der Waals surface area (Å²) >= 11 is 0. The largest absolute Gasteiger partial charge is 0.490 e. The fourth-order valence-electron chi connectivity index (χ4n) is 1.33. The van der Waals surface area contributed by atoms with Gasteiger partial charge in [-0.2, -0.15) is 9.61 Å². The van der Waals surface area contributed by atoms with E-state index in [0.29, 0.717) is 12.3 Å². The molecular formula is C11H18N4O. The van der Waals surface area contributed by atoms with Crippen molar-refractivity contribution in [2.24, 2.45) is 0 Å². The molecule has 0 atom stereocenters. The number of aromatic nitrogens is 4. The van der Waals surface area contributed by atoms with Crippen molar-refractivity contribution >= 4 is 5.65 Å². The molecule has 0 fully saturated rings. The molecule has 0 saturated carbocycles. The third-order valence-corrected chi connectivity index (χ3v) is 1.91. The molecule has 0 aliphatic heterocycles. The van der Waals surface area contributed by atoms with E-state index in [-0.39, 0.29) is 0 Å². The highest BCUT2D eigenvalue weighted by Gasteiger charge is 2.09. The van der Waals surface area contributed by atoms with Crippen LogP contribution in [-0.2, 0) is 0 Å². The van der Waals surface area contributed by atoms with E-state index in [1.165, 1.54) is 0 Å². The summed E-state index contributed by atoms with van der Waals surface area (Å²) in [6.07, 6.45) is 0. The maximum atomic E-state index is 5.45. The van der Waals surface area contributed by atoms with Crippen LogP contribution in [0, 0.1) is 13.8 Å². The Kier molecular flexibility index (Phi) is 4.22. The highest BCUT2D eigenvalue weighted by atomic mass is 16.5. The molecular weight excluding hydrogens is 204 g/mol. The van der Waals surface area contributed by atoms with Gasteiger partial charge >= 0.3 is 0 Å². The highest BCUT2D eigenvalue weighted by Crippen LogP contribution is 2.18. The predicted molar refractivity (Wildman–Crippen MR) is 62.8 cm³/mol. The first kappa shape index (κ1) is 12.4. The Balaban J connectivity index is 0.000000606. The third-order valence-electron chi connectivity index (χ3n) is 1.91. The first-order valence-corrected chi connectivity index (χ1v) is 5.55. The van der Waals surface area contributed by atoms with Crippen molar-refractivity contribution in [2.75, 3.05) is 6.61 Å². The molecule has 0 bridgehead atoms. The van der Waals surface area contributed by atoms with Gasteiger partial charge in [-0.15, -0.1) is 10.2 Å². The van der Waals surface area contributed by atoms with E-state index in [0.717, 1.165) is 17.3 Å². The minimum absolute atomic E-state index is 0.616. The molecule has 0 unspecified atom stereocenters. The lowest BCUT2D eigenvalue weighted by Crippen LogP contribution is -2.01. The predicted octanol–water partition coefficient (Wildman–Crippen LogP) is 2.17. The normalized spacial score (nSPS) is 9.81. The fourth-order valence-corrected chi connectivity index (χ4v) is 1.33. The van der Waals surface area contributed by atoms with Crippen molar-refractivity contribution in [2.45, 2.75) is 34.6 Å². The molecule has 0 N–H and O–H groups in total. The zero-order valence-corrected chi connectivity index (χ0v) is 10.5. The Bertz CT molecular complexity index is 464. The number of hydrogen-bond acceptors (Lipinski definition) is 4. The van der Waals surface area contributed by atoms with Gasteiger partial charge in [-0.25, -0.2) is 0 Å². The van der Waals surface area contributed by atoms with Crippen molar-refractivity contribution < 1.29 is 4.74 Å². The van der Waals surface area contributed by atoms with Gasteiger partial charge in [0.15, 0.2) is 11.6 Å². The Morgan fingerprint density at radius 2 is 1.94 bits per heavy atom. The Morgan fingerprint density at radius 1 is 1.25 bits per heavy atom. The lowest BCUT2D eigenvalue weighted by atomic mass is 10.4. The van der Waals surface area contributed by atoms with Gasteiger partial charge in [0.05, 0.1) is 12.3 Å². The van der Waals surface area contributed by atoms with Crippen molar-refractivity contribution in [3.8, 4) is 5.75 Å². The molecule has 5 heteroatoms. The van der Waals surface area contributed by atoms with E-state index in [1.807, 2.05) is 40.7 Å². The van der Waals surface area contributed by atoms with Gasteiger partial charge in [0.25, 0.3) is 0 Å². The van der Waals surface area contributed by atoms with Crippen molar-refractivity contribution in [3.63, 3.8) is 0 Å². The van der Waals surface area contributed by atoms with Crippen LogP contribution in [0.5, 0.6) is 5.75 Å².